The standard InChI is InChI=1S/C20H19F2N3O3/c21-20(22)28-14-8-4-7-13(10-14)15(11-17(23)26)18-16(24-25-19(18)27)9-12-5-2-1-3-6-12/h1-8,10,15,20H,9,11H2,(H2,23,26)(H2,24,25,27)/t15-/m1/s1. The average Bonchev–Trinajstić information content (AvgIpc) is 3.00. The molecule has 0 aliphatic carbocycles. The zero-order valence-corrected chi connectivity index (χ0v) is 14.8. The molecule has 0 saturated heterocycles. The second kappa shape index (κ2) is 8.51. The van der Waals surface area contributed by atoms with Gasteiger partial charge in [0, 0.05) is 30.0 Å². The first-order valence-corrected chi connectivity index (χ1v) is 8.60. The van der Waals surface area contributed by atoms with Gasteiger partial charge < -0.3 is 15.6 Å². The van der Waals surface area contributed by atoms with Crippen LogP contribution in [0.25, 0.3) is 0 Å². The Morgan fingerprint density at radius 1 is 1.07 bits per heavy atom. The quantitative estimate of drug-likeness (QED) is 0.554. The van der Waals surface area contributed by atoms with Crippen molar-refractivity contribution >= 4 is 5.91 Å². The van der Waals surface area contributed by atoms with E-state index in [2.05, 4.69) is 14.9 Å². The Labute approximate surface area is 159 Å². The first-order chi connectivity index (χ1) is 13.4. The third-order valence-corrected chi connectivity index (χ3v) is 4.36. The molecule has 0 aliphatic rings. The summed E-state index contributed by atoms with van der Waals surface area (Å²) in [5, 5.41) is 5.40. The number of nitrogens with one attached hydrogen (secondary N) is 2. The molecule has 3 aromatic rings. The summed E-state index contributed by atoms with van der Waals surface area (Å²) in [6, 6.07) is 15.4. The molecule has 1 atom stereocenters. The van der Waals surface area contributed by atoms with Crippen molar-refractivity contribution in [1.29, 1.82) is 0 Å². The number of aromatic nitrogens is 2. The normalized spacial score (nSPS) is 12.1. The van der Waals surface area contributed by atoms with Gasteiger partial charge >= 0.3 is 6.61 Å². The number of halogens is 2. The first-order valence-electron chi connectivity index (χ1n) is 8.60. The number of carbonyl (C=O) groups is 1. The monoisotopic (exact) mass is 387 g/mol. The molecule has 0 unspecified atom stereocenters. The van der Waals surface area contributed by atoms with Gasteiger partial charge in [0.25, 0.3) is 5.56 Å². The molecule has 28 heavy (non-hydrogen) atoms. The third-order valence-electron chi connectivity index (χ3n) is 4.36. The highest BCUT2D eigenvalue weighted by atomic mass is 19.3. The van der Waals surface area contributed by atoms with Crippen LogP contribution in [0.1, 0.15) is 34.7 Å². The van der Waals surface area contributed by atoms with Gasteiger partial charge in [-0.25, -0.2) is 0 Å². The predicted molar refractivity (Wildman–Crippen MR) is 99.4 cm³/mol. The highest BCUT2D eigenvalue weighted by Crippen LogP contribution is 2.31. The number of primary amides is 1. The van der Waals surface area contributed by atoms with Crippen LogP contribution in [0.15, 0.2) is 59.4 Å². The summed E-state index contributed by atoms with van der Waals surface area (Å²) < 4.78 is 29.5. The van der Waals surface area contributed by atoms with Crippen molar-refractivity contribution in [3.05, 3.63) is 87.3 Å². The van der Waals surface area contributed by atoms with Crippen LogP contribution < -0.4 is 16.0 Å². The van der Waals surface area contributed by atoms with Gasteiger partial charge in [-0.2, -0.15) is 8.78 Å². The number of aromatic amines is 2. The molecular formula is C20H19F2N3O3. The lowest BCUT2D eigenvalue weighted by molar-refractivity contribution is -0.118. The van der Waals surface area contributed by atoms with Gasteiger partial charge in [-0.1, -0.05) is 42.5 Å². The Bertz CT molecular complexity index is 999. The zero-order chi connectivity index (χ0) is 20.1. The van der Waals surface area contributed by atoms with Gasteiger partial charge in [0.1, 0.15) is 5.75 Å². The summed E-state index contributed by atoms with van der Waals surface area (Å²) >= 11 is 0. The highest BCUT2D eigenvalue weighted by molar-refractivity contribution is 5.75. The van der Waals surface area contributed by atoms with E-state index >= 15 is 0 Å². The first kappa shape index (κ1) is 19.3. The number of carbonyl (C=O) groups excluding carboxylic acids is 1. The predicted octanol–water partition coefficient (Wildman–Crippen LogP) is 2.90. The van der Waals surface area contributed by atoms with Gasteiger partial charge in [-0.05, 0) is 23.3 Å². The van der Waals surface area contributed by atoms with Crippen molar-refractivity contribution in [3.8, 4) is 5.75 Å². The number of hydrogen-bond donors (Lipinski definition) is 3. The number of ether oxygens (including phenoxy) is 1. The summed E-state index contributed by atoms with van der Waals surface area (Å²) in [4.78, 5) is 24.2. The Morgan fingerprint density at radius 3 is 2.50 bits per heavy atom. The van der Waals surface area contributed by atoms with E-state index in [0.29, 0.717) is 23.2 Å². The topological polar surface area (TPSA) is 101 Å². The lowest BCUT2D eigenvalue weighted by atomic mass is 9.87. The molecule has 1 aromatic heterocycles. The number of amides is 1. The van der Waals surface area contributed by atoms with E-state index in [4.69, 9.17) is 5.73 Å². The summed E-state index contributed by atoms with van der Waals surface area (Å²) in [7, 11) is 0. The molecule has 8 heteroatoms. The molecule has 0 fully saturated rings. The van der Waals surface area contributed by atoms with Crippen LogP contribution in [0.2, 0.25) is 0 Å². The molecule has 0 spiro atoms. The van der Waals surface area contributed by atoms with E-state index in [9.17, 15) is 18.4 Å². The summed E-state index contributed by atoms with van der Waals surface area (Å²) in [6.07, 6.45) is 0.276. The van der Waals surface area contributed by atoms with Gasteiger partial charge in [0.05, 0.1) is 0 Å². The van der Waals surface area contributed by atoms with Crippen LogP contribution in [0, 0.1) is 0 Å². The minimum Gasteiger partial charge on any atom is -0.435 e. The van der Waals surface area contributed by atoms with Crippen LogP contribution >= 0.6 is 0 Å². The average molecular weight is 387 g/mol. The Kier molecular flexibility index (Phi) is 5.88. The van der Waals surface area contributed by atoms with Crippen LogP contribution in [0.5, 0.6) is 5.75 Å². The van der Waals surface area contributed by atoms with Gasteiger partial charge in [0.2, 0.25) is 5.91 Å². The third kappa shape index (κ3) is 4.64. The molecule has 0 bridgehead atoms. The molecule has 6 nitrogen and oxygen atoms in total. The lowest BCUT2D eigenvalue weighted by Gasteiger charge is -2.17. The number of nitrogens with two attached hydrogens (primary N) is 1. The number of hydrogen-bond acceptors (Lipinski definition) is 3. The van der Waals surface area contributed by atoms with Crippen molar-refractivity contribution in [2.45, 2.75) is 25.4 Å². The van der Waals surface area contributed by atoms with Gasteiger partial charge in [0.15, 0.2) is 0 Å². The minimum absolute atomic E-state index is 0.0569. The second-order valence-corrected chi connectivity index (χ2v) is 6.31. The van der Waals surface area contributed by atoms with Crippen molar-refractivity contribution in [3.63, 3.8) is 0 Å². The molecule has 146 valence electrons. The maximum Gasteiger partial charge on any atom is 0.387 e. The Morgan fingerprint density at radius 2 is 1.82 bits per heavy atom. The molecule has 1 amide bonds. The van der Waals surface area contributed by atoms with E-state index in [1.54, 1.807) is 6.07 Å². The number of rotatable bonds is 8. The second-order valence-electron chi connectivity index (χ2n) is 6.31. The SMILES string of the molecule is NC(=O)C[C@H](c1cccc(OC(F)F)c1)c1c(Cc2ccccc2)[nH][nH]c1=O. The molecule has 0 saturated carbocycles. The molecule has 3 rings (SSSR count). The fourth-order valence-corrected chi connectivity index (χ4v) is 3.21. The summed E-state index contributed by atoms with van der Waals surface area (Å²) in [6.45, 7) is -2.98. The number of H-pyrrole nitrogens is 2. The largest absolute Gasteiger partial charge is 0.435 e. The smallest absolute Gasteiger partial charge is 0.387 e. The van der Waals surface area contributed by atoms with Gasteiger partial charge in [-0.15, -0.1) is 0 Å². The van der Waals surface area contributed by atoms with E-state index < -0.39 is 24.0 Å². The molecule has 1 heterocycles. The molecule has 0 aliphatic heterocycles. The number of alkyl halides is 2. The molecule has 0 radical (unpaired) electrons. The Balaban J connectivity index is 2.02. The maximum absolute atomic E-state index is 12.6. The fourth-order valence-electron chi connectivity index (χ4n) is 3.21. The van der Waals surface area contributed by atoms with Gasteiger partial charge in [-0.3, -0.25) is 14.7 Å². The molecular weight excluding hydrogens is 368 g/mol. The fraction of sp³-hybridized carbons (Fsp3) is 0.200. The summed E-state index contributed by atoms with van der Waals surface area (Å²) in [5.41, 5.74) is 7.40. The van der Waals surface area contributed by atoms with E-state index in [0.717, 1.165) is 5.56 Å². The van der Waals surface area contributed by atoms with Crippen LogP contribution in [-0.2, 0) is 11.2 Å². The van der Waals surface area contributed by atoms with E-state index in [1.807, 2.05) is 30.3 Å². The van der Waals surface area contributed by atoms with Crippen LogP contribution in [-0.4, -0.2) is 22.7 Å². The number of benzene rings is 2. The maximum atomic E-state index is 12.6. The van der Waals surface area contributed by atoms with E-state index in [1.165, 1.54) is 18.2 Å². The van der Waals surface area contributed by atoms with Crippen LogP contribution in [0.3, 0.4) is 0 Å². The van der Waals surface area contributed by atoms with E-state index in [-0.39, 0.29) is 12.2 Å². The summed E-state index contributed by atoms with van der Waals surface area (Å²) in [5.74, 6) is -1.37. The zero-order valence-electron chi connectivity index (χ0n) is 14.8. The lowest BCUT2D eigenvalue weighted by Crippen LogP contribution is -2.21. The van der Waals surface area contributed by atoms with Crippen molar-refractivity contribution in [2.75, 3.05) is 0 Å². The van der Waals surface area contributed by atoms with Crippen LogP contribution in [0.4, 0.5) is 8.78 Å². The van der Waals surface area contributed by atoms with Crippen molar-refractivity contribution in [2.24, 2.45) is 5.73 Å². The van der Waals surface area contributed by atoms with Crippen molar-refractivity contribution in [1.82, 2.24) is 10.2 Å². The molecule has 4 N–H and O–H groups in total. The molecule has 2 aromatic carbocycles. The highest BCUT2D eigenvalue weighted by Gasteiger charge is 2.25. The van der Waals surface area contributed by atoms with Crippen molar-refractivity contribution < 1.29 is 18.3 Å². The minimum atomic E-state index is -2.98. The Hall–Kier alpha value is -3.42.